The monoisotopic (exact) mass is 422 g/mol. The highest BCUT2D eigenvalue weighted by Gasteiger charge is 2.28. The van der Waals surface area contributed by atoms with Crippen LogP contribution in [0.5, 0.6) is 0 Å². The van der Waals surface area contributed by atoms with Crippen molar-refractivity contribution in [1.29, 1.82) is 0 Å². The van der Waals surface area contributed by atoms with E-state index < -0.39 is 23.6 Å². The zero-order valence-electron chi connectivity index (χ0n) is 16.7. The molecule has 0 heterocycles. The molecule has 0 saturated carbocycles. The van der Waals surface area contributed by atoms with Gasteiger partial charge in [0, 0.05) is 23.2 Å². The smallest absolute Gasteiger partial charge is 0.242 e. The molecule has 2 amide bonds. The molecule has 0 saturated heterocycles. The van der Waals surface area contributed by atoms with E-state index >= 15 is 0 Å². The molecule has 29 heavy (non-hydrogen) atoms. The molecule has 0 spiro atoms. The third-order valence-corrected chi connectivity index (χ3v) is 5.18. The molecule has 2 aromatic carbocycles. The number of carbonyl (C=O) groups excluding carboxylic acids is 2. The van der Waals surface area contributed by atoms with Gasteiger partial charge in [-0.25, -0.2) is 8.78 Å². The summed E-state index contributed by atoms with van der Waals surface area (Å²) in [6.45, 7) is 5.51. The molecule has 2 rings (SSSR count). The fraction of sp³-hybridized carbons (Fsp3) is 0.364. The summed E-state index contributed by atoms with van der Waals surface area (Å²) in [6, 6.07) is 9.03. The summed E-state index contributed by atoms with van der Waals surface area (Å²) in [4.78, 5) is 27.0. The van der Waals surface area contributed by atoms with Gasteiger partial charge in [-0.05, 0) is 50.1 Å². The summed E-state index contributed by atoms with van der Waals surface area (Å²) in [5.41, 5.74) is 0.736. The molecule has 0 aliphatic heterocycles. The molecule has 1 N–H and O–H groups in total. The van der Waals surface area contributed by atoms with E-state index in [1.165, 1.54) is 35.2 Å². The minimum Gasteiger partial charge on any atom is -0.352 e. The maximum atomic E-state index is 14.1. The van der Waals surface area contributed by atoms with Crippen LogP contribution in [0.1, 0.15) is 38.3 Å². The van der Waals surface area contributed by atoms with Crippen LogP contribution in [0.2, 0.25) is 5.02 Å². The molecular weight excluding hydrogens is 398 g/mol. The molecule has 0 radical (unpaired) electrons. The van der Waals surface area contributed by atoms with Crippen LogP contribution in [0.4, 0.5) is 8.78 Å². The summed E-state index contributed by atoms with van der Waals surface area (Å²) in [5.74, 6) is -1.74. The Morgan fingerprint density at radius 2 is 1.76 bits per heavy atom. The second-order valence-electron chi connectivity index (χ2n) is 7.02. The third kappa shape index (κ3) is 6.26. The van der Waals surface area contributed by atoms with Crippen LogP contribution in [0.15, 0.2) is 42.5 Å². The minimum atomic E-state index is -0.799. The first kappa shape index (κ1) is 22.8. The Morgan fingerprint density at radius 3 is 2.34 bits per heavy atom. The van der Waals surface area contributed by atoms with Crippen molar-refractivity contribution in [3.05, 3.63) is 70.2 Å². The Bertz CT molecular complexity index is 838. The number of carbonyl (C=O) groups is 2. The predicted octanol–water partition coefficient (Wildman–Crippen LogP) is 4.49. The van der Waals surface area contributed by atoms with Crippen molar-refractivity contribution < 1.29 is 18.4 Å². The van der Waals surface area contributed by atoms with Crippen LogP contribution in [0, 0.1) is 11.6 Å². The third-order valence-electron chi connectivity index (χ3n) is 4.82. The first-order chi connectivity index (χ1) is 13.7. The van der Waals surface area contributed by atoms with Crippen molar-refractivity contribution in [2.75, 3.05) is 0 Å². The maximum Gasteiger partial charge on any atom is 0.242 e. The molecule has 0 aliphatic carbocycles. The minimum absolute atomic E-state index is 0.0475. The van der Waals surface area contributed by atoms with E-state index in [2.05, 4.69) is 5.32 Å². The van der Waals surface area contributed by atoms with Crippen molar-refractivity contribution in [3.63, 3.8) is 0 Å². The Hall–Kier alpha value is -2.47. The first-order valence-corrected chi connectivity index (χ1v) is 9.87. The van der Waals surface area contributed by atoms with Gasteiger partial charge in [-0.2, -0.15) is 0 Å². The molecule has 0 aliphatic rings. The summed E-state index contributed by atoms with van der Waals surface area (Å²) in [5, 5.41) is 3.00. The number of rotatable bonds is 8. The molecule has 156 valence electrons. The molecule has 7 heteroatoms. The van der Waals surface area contributed by atoms with Crippen molar-refractivity contribution in [3.8, 4) is 0 Å². The average molecular weight is 423 g/mol. The fourth-order valence-corrected chi connectivity index (χ4v) is 3.02. The van der Waals surface area contributed by atoms with Crippen molar-refractivity contribution >= 4 is 23.4 Å². The van der Waals surface area contributed by atoms with E-state index in [1.807, 2.05) is 13.8 Å². The SMILES string of the molecule is CC[C@@H](C)NC(=O)[C@@H](C)N(Cc1ccc(F)cc1)C(=O)Cc1c(F)cccc1Cl. The van der Waals surface area contributed by atoms with Gasteiger partial charge >= 0.3 is 0 Å². The number of hydrogen-bond donors (Lipinski definition) is 1. The van der Waals surface area contributed by atoms with Crippen molar-refractivity contribution in [1.82, 2.24) is 10.2 Å². The Labute approximate surface area is 174 Å². The Morgan fingerprint density at radius 1 is 1.10 bits per heavy atom. The van der Waals surface area contributed by atoms with E-state index in [0.29, 0.717) is 5.56 Å². The van der Waals surface area contributed by atoms with Gasteiger partial charge in [-0.1, -0.05) is 36.7 Å². The number of benzene rings is 2. The Balaban J connectivity index is 2.28. The topological polar surface area (TPSA) is 49.4 Å². The number of amides is 2. The zero-order valence-corrected chi connectivity index (χ0v) is 17.5. The van der Waals surface area contributed by atoms with E-state index in [4.69, 9.17) is 11.6 Å². The number of hydrogen-bond acceptors (Lipinski definition) is 2. The predicted molar refractivity (Wildman–Crippen MR) is 109 cm³/mol. The lowest BCUT2D eigenvalue weighted by molar-refractivity contribution is -0.140. The van der Waals surface area contributed by atoms with Gasteiger partial charge in [0.2, 0.25) is 11.8 Å². The van der Waals surface area contributed by atoms with Gasteiger partial charge in [0.1, 0.15) is 17.7 Å². The second-order valence-corrected chi connectivity index (χ2v) is 7.43. The molecule has 0 fully saturated rings. The molecule has 0 bridgehead atoms. The van der Waals surface area contributed by atoms with Gasteiger partial charge in [-0.3, -0.25) is 9.59 Å². The quantitative estimate of drug-likeness (QED) is 0.681. The molecule has 2 aromatic rings. The lowest BCUT2D eigenvalue weighted by Crippen LogP contribution is -2.50. The lowest BCUT2D eigenvalue weighted by Gasteiger charge is -2.30. The van der Waals surface area contributed by atoms with Gasteiger partial charge in [0.25, 0.3) is 0 Å². The summed E-state index contributed by atoms with van der Waals surface area (Å²) in [7, 11) is 0. The van der Waals surface area contributed by atoms with Crippen LogP contribution in [-0.2, 0) is 22.6 Å². The first-order valence-electron chi connectivity index (χ1n) is 9.50. The van der Waals surface area contributed by atoms with E-state index in [1.54, 1.807) is 19.1 Å². The van der Waals surface area contributed by atoms with Gasteiger partial charge < -0.3 is 10.2 Å². The molecule has 2 atom stereocenters. The van der Waals surface area contributed by atoms with E-state index in [-0.39, 0.29) is 35.5 Å². The molecule has 4 nitrogen and oxygen atoms in total. The summed E-state index contributed by atoms with van der Waals surface area (Å²) >= 11 is 6.05. The highest BCUT2D eigenvalue weighted by Crippen LogP contribution is 2.21. The summed E-state index contributed by atoms with van der Waals surface area (Å²) < 4.78 is 27.4. The van der Waals surface area contributed by atoms with Gasteiger partial charge in [0.15, 0.2) is 0 Å². The molecule has 0 unspecified atom stereocenters. The lowest BCUT2D eigenvalue weighted by atomic mass is 10.1. The van der Waals surface area contributed by atoms with Crippen LogP contribution in [0.3, 0.4) is 0 Å². The highest BCUT2D eigenvalue weighted by molar-refractivity contribution is 6.31. The largest absolute Gasteiger partial charge is 0.352 e. The second kappa shape index (κ2) is 10.3. The molecular formula is C22H25ClF2N2O2. The van der Waals surface area contributed by atoms with Crippen LogP contribution >= 0.6 is 11.6 Å². The maximum absolute atomic E-state index is 14.1. The van der Waals surface area contributed by atoms with E-state index in [9.17, 15) is 18.4 Å². The van der Waals surface area contributed by atoms with Crippen molar-refractivity contribution in [2.24, 2.45) is 0 Å². The standard InChI is InChI=1S/C22H25ClF2N2O2/c1-4-14(2)26-22(29)15(3)27(13-16-8-10-17(24)11-9-16)21(28)12-18-19(23)6-5-7-20(18)25/h5-11,14-15H,4,12-13H2,1-3H3,(H,26,29)/t14-,15-/m1/s1. The number of halogens is 3. The normalized spacial score (nSPS) is 12.9. The van der Waals surface area contributed by atoms with Gasteiger partial charge in [0.05, 0.1) is 6.42 Å². The fourth-order valence-electron chi connectivity index (χ4n) is 2.79. The average Bonchev–Trinajstić information content (AvgIpc) is 2.69. The number of nitrogens with one attached hydrogen (secondary N) is 1. The Kier molecular flexibility index (Phi) is 8.14. The zero-order chi connectivity index (χ0) is 21.6. The van der Waals surface area contributed by atoms with E-state index in [0.717, 1.165) is 6.42 Å². The van der Waals surface area contributed by atoms with Crippen LogP contribution < -0.4 is 5.32 Å². The number of nitrogens with zero attached hydrogens (tertiary/aromatic N) is 1. The van der Waals surface area contributed by atoms with Crippen LogP contribution in [-0.4, -0.2) is 28.8 Å². The van der Waals surface area contributed by atoms with Crippen molar-refractivity contribution in [2.45, 2.75) is 52.2 Å². The van der Waals surface area contributed by atoms with Crippen LogP contribution in [0.25, 0.3) is 0 Å². The molecule has 0 aromatic heterocycles. The van der Waals surface area contributed by atoms with Gasteiger partial charge in [-0.15, -0.1) is 0 Å². The summed E-state index contributed by atoms with van der Waals surface area (Å²) in [6.07, 6.45) is 0.461. The highest BCUT2D eigenvalue weighted by atomic mass is 35.5.